The summed E-state index contributed by atoms with van der Waals surface area (Å²) in [7, 11) is 3.27. The number of ether oxygens (including phenoxy) is 3. The summed E-state index contributed by atoms with van der Waals surface area (Å²) in [6.07, 6.45) is 1.70. The number of para-hydroxylation sites is 1. The minimum atomic E-state index is -0.208. The maximum absolute atomic E-state index is 11.1. The third-order valence-electron chi connectivity index (χ3n) is 5.21. The molecule has 0 radical (unpaired) electrons. The topological polar surface area (TPSA) is 64.1 Å². The van der Waals surface area contributed by atoms with Gasteiger partial charge >= 0.3 is 0 Å². The van der Waals surface area contributed by atoms with Crippen molar-refractivity contribution in [2.24, 2.45) is 0 Å². The summed E-state index contributed by atoms with van der Waals surface area (Å²) in [4.78, 5) is 6.69. The molecule has 0 aliphatic carbocycles. The molecule has 0 bridgehead atoms. The van der Waals surface area contributed by atoms with E-state index in [1.165, 1.54) is 0 Å². The van der Waals surface area contributed by atoms with E-state index in [0.29, 0.717) is 30.2 Å². The summed E-state index contributed by atoms with van der Waals surface area (Å²) in [6.45, 7) is 2.81. The van der Waals surface area contributed by atoms with Gasteiger partial charge in [-0.05, 0) is 12.1 Å². The van der Waals surface area contributed by atoms with E-state index in [1.807, 2.05) is 42.5 Å². The molecule has 3 aromatic rings. The highest BCUT2D eigenvalue weighted by atomic mass is 16.5. The number of morpholine rings is 1. The van der Waals surface area contributed by atoms with Crippen molar-refractivity contribution in [1.29, 1.82) is 0 Å². The van der Waals surface area contributed by atoms with E-state index in [0.717, 1.165) is 29.6 Å². The second-order valence-corrected chi connectivity index (χ2v) is 6.71. The number of phenols is 1. The van der Waals surface area contributed by atoms with Crippen LogP contribution in [0.3, 0.4) is 0 Å². The summed E-state index contributed by atoms with van der Waals surface area (Å²) >= 11 is 0. The minimum Gasteiger partial charge on any atom is -0.505 e. The number of fused-ring (bicyclic) bond motifs is 1. The smallest absolute Gasteiger partial charge is 0.165 e. The van der Waals surface area contributed by atoms with E-state index in [1.54, 1.807) is 20.4 Å². The number of pyridine rings is 1. The average Bonchev–Trinajstić information content (AvgIpc) is 2.76. The number of aromatic nitrogens is 1. The number of benzene rings is 2. The molecule has 1 aliphatic rings. The first-order valence-electron chi connectivity index (χ1n) is 9.34. The van der Waals surface area contributed by atoms with Crippen LogP contribution >= 0.6 is 0 Å². The molecular formula is C22H24N2O4. The van der Waals surface area contributed by atoms with Crippen molar-refractivity contribution < 1.29 is 19.3 Å². The van der Waals surface area contributed by atoms with Gasteiger partial charge in [-0.3, -0.25) is 9.88 Å². The van der Waals surface area contributed by atoms with Crippen LogP contribution in [-0.4, -0.2) is 55.5 Å². The first-order valence-corrected chi connectivity index (χ1v) is 9.34. The van der Waals surface area contributed by atoms with Crippen molar-refractivity contribution in [3.05, 3.63) is 59.8 Å². The van der Waals surface area contributed by atoms with Crippen LogP contribution in [0.2, 0.25) is 0 Å². The fourth-order valence-corrected chi connectivity index (χ4v) is 3.89. The zero-order chi connectivity index (χ0) is 19.5. The van der Waals surface area contributed by atoms with Gasteiger partial charge in [0.05, 0.1) is 33.5 Å². The van der Waals surface area contributed by atoms with Crippen molar-refractivity contribution in [3.8, 4) is 17.2 Å². The van der Waals surface area contributed by atoms with Crippen LogP contribution in [0, 0.1) is 0 Å². The molecule has 28 heavy (non-hydrogen) atoms. The molecular weight excluding hydrogens is 356 g/mol. The summed E-state index contributed by atoms with van der Waals surface area (Å²) in [5.41, 5.74) is 2.33. The monoisotopic (exact) mass is 380 g/mol. The van der Waals surface area contributed by atoms with Gasteiger partial charge in [-0.15, -0.1) is 0 Å². The number of phenolic OH excluding ortho intramolecular Hbond substituents is 1. The lowest BCUT2D eigenvalue weighted by Gasteiger charge is -2.36. The highest BCUT2D eigenvalue weighted by Gasteiger charge is 2.30. The van der Waals surface area contributed by atoms with Gasteiger partial charge in [-0.1, -0.05) is 30.3 Å². The molecule has 4 rings (SSSR count). The second-order valence-electron chi connectivity index (χ2n) is 6.71. The summed E-state index contributed by atoms with van der Waals surface area (Å²) < 4.78 is 16.8. The van der Waals surface area contributed by atoms with Crippen LogP contribution in [0.15, 0.2) is 48.7 Å². The summed E-state index contributed by atoms with van der Waals surface area (Å²) in [5.74, 6) is 1.53. The first kappa shape index (κ1) is 18.5. The summed E-state index contributed by atoms with van der Waals surface area (Å²) in [5, 5.41) is 12.0. The fraction of sp³-hybridized carbons (Fsp3) is 0.318. The SMILES string of the molecule is COc1cccc(C(c2ccc3cccnc3c2O)N2CCOCC2)c1OC. The van der Waals surface area contributed by atoms with Crippen LogP contribution in [0.1, 0.15) is 17.2 Å². The van der Waals surface area contributed by atoms with Crippen molar-refractivity contribution in [2.45, 2.75) is 6.04 Å². The van der Waals surface area contributed by atoms with E-state index in [9.17, 15) is 5.11 Å². The number of methoxy groups -OCH3 is 2. The molecule has 6 nitrogen and oxygen atoms in total. The molecule has 0 spiro atoms. The number of hydrogen-bond donors (Lipinski definition) is 1. The Kier molecular flexibility index (Phi) is 5.32. The molecule has 1 aliphatic heterocycles. The lowest BCUT2D eigenvalue weighted by Crippen LogP contribution is -2.39. The van der Waals surface area contributed by atoms with E-state index >= 15 is 0 Å². The lowest BCUT2D eigenvalue weighted by atomic mass is 9.93. The Hall–Kier alpha value is -2.83. The molecule has 1 N–H and O–H groups in total. The van der Waals surface area contributed by atoms with Gasteiger partial charge in [-0.2, -0.15) is 0 Å². The number of nitrogens with zero attached hydrogens (tertiary/aromatic N) is 2. The molecule has 1 fully saturated rings. The predicted molar refractivity (Wildman–Crippen MR) is 107 cm³/mol. The van der Waals surface area contributed by atoms with Gasteiger partial charge in [0.25, 0.3) is 0 Å². The largest absolute Gasteiger partial charge is 0.505 e. The Morgan fingerprint density at radius 3 is 2.57 bits per heavy atom. The van der Waals surface area contributed by atoms with Crippen molar-refractivity contribution in [3.63, 3.8) is 0 Å². The Morgan fingerprint density at radius 1 is 1.00 bits per heavy atom. The van der Waals surface area contributed by atoms with E-state index in [4.69, 9.17) is 14.2 Å². The molecule has 146 valence electrons. The average molecular weight is 380 g/mol. The van der Waals surface area contributed by atoms with Gasteiger partial charge in [0.15, 0.2) is 11.5 Å². The van der Waals surface area contributed by atoms with Crippen molar-refractivity contribution in [1.82, 2.24) is 9.88 Å². The van der Waals surface area contributed by atoms with Gasteiger partial charge in [0, 0.05) is 35.8 Å². The molecule has 0 amide bonds. The molecule has 2 aromatic carbocycles. The number of hydrogen-bond acceptors (Lipinski definition) is 6. The van der Waals surface area contributed by atoms with Crippen molar-refractivity contribution in [2.75, 3.05) is 40.5 Å². The third kappa shape index (κ3) is 3.25. The Labute approximate surface area is 164 Å². The maximum atomic E-state index is 11.1. The molecule has 0 saturated carbocycles. The fourth-order valence-electron chi connectivity index (χ4n) is 3.89. The molecule has 1 aromatic heterocycles. The van der Waals surface area contributed by atoms with Gasteiger partial charge in [-0.25, -0.2) is 0 Å². The van der Waals surface area contributed by atoms with E-state index in [-0.39, 0.29) is 11.8 Å². The number of aromatic hydroxyl groups is 1. The van der Waals surface area contributed by atoms with E-state index < -0.39 is 0 Å². The predicted octanol–water partition coefficient (Wildman–Crippen LogP) is 3.38. The number of rotatable bonds is 5. The van der Waals surface area contributed by atoms with Crippen LogP contribution < -0.4 is 9.47 Å². The molecule has 1 atom stereocenters. The van der Waals surface area contributed by atoms with Crippen LogP contribution in [-0.2, 0) is 4.74 Å². The van der Waals surface area contributed by atoms with Gasteiger partial charge in [0.1, 0.15) is 11.3 Å². The zero-order valence-corrected chi connectivity index (χ0v) is 16.1. The van der Waals surface area contributed by atoms with Crippen LogP contribution in [0.25, 0.3) is 10.9 Å². The zero-order valence-electron chi connectivity index (χ0n) is 16.1. The Bertz CT molecular complexity index is 970. The first-order chi connectivity index (χ1) is 13.7. The lowest BCUT2D eigenvalue weighted by molar-refractivity contribution is 0.0231. The van der Waals surface area contributed by atoms with Crippen molar-refractivity contribution >= 4 is 10.9 Å². The summed E-state index contributed by atoms with van der Waals surface area (Å²) in [6, 6.07) is 13.4. The van der Waals surface area contributed by atoms with Crippen LogP contribution in [0.5, 0.6) is 17.2 Å². The highest BCUT2D eigenvalue weighted by molar-refractivity contribution is 5.85. The van der Waals surface area contributed by atoms with Gasteiger partial charge in [0.2, 0.25) is 0 Å². The van der Waals surface area contributed by atoms with Crippen LogP contribution in [0.4, 0.5) is 0 Å². The third-order valence-corrected chi connectivity index (χ3v) is 5.21. The standard InChI is InChI=1S/C22H24N2O4/c1-26-18-7-3-6-17(22(18)27-2)20(24-11-13-28-14-12-24)16-9-8-15-5-4-10-23-19(15)21(16)25/h3-10,20,25H,11-14H2,1-2H3. The normalized spacial score (nSPS) is 16.1. The molecule has 6 heteroatoms. The molecule has 1 saturated heterocycles. The van der Waals surface area contributed by atoms with E-state index in [2.05, 4.69) is 9.88 Å². The van der Waals surface area contributed by atoms with Gasteiger partial charge < -0.3 is 19.3 Å². The molecule has 1 unspecified atom stereocenters. The highest BCUT2D eigenvalue weighted by Crippen LogP contribution is 2.44. The second kappa shape index (κ2) is 8.04. The minimum absolute atomic E-state index is 0.194. The quantitative estimate of drug-likeness (QED) is 0.732. The Morgan fingerprint density at radius 2 is 1.82 bits per heavy atom. The maximum Gasteiger partial charge on any atom is 0.165 e. The Balaban J connectivity index is 1.92. The molecule has 2 heterocycles.